The number of nitrogens with zero attached hydrogens (tertiary/aromatic N) is 1. The Bertz CT molecular complexity index is 545. The van der Waals surface area contributed by atoms with Crippen LogP contribution in [-0.2, 0) is 0 Å². The molecule has 0 saturated heterocycles. The van der Waals surface area contributed by atoms with E-state index in [0.717, 1.165) is 24.4 Å². The molecular formula is C17H24FN3. The van der Waals surface area contributed by atoms with Gasteiger partial charge in [0.05, 0.1) is 6.54 Å². The molecule has 114 valence electrons. The summed E-state index contributed by atoms with van der Waals surface area (Å²) in [6, 6.07) is 6.82. The summed E-state index contributed by atoms with van der Waals surface area (Å²) < 4.78 is 14.0. The molecule has 0 amide bonds. The van der Waals surface area contributed by atoms with Crippen molar-refractivity contribution < 1.29 is 4.39 Å². The largest absolute Gasteiger partial charge is 0.383 e. The van der Waals surface area contributed by atoms with Crippen LogP contribution in [-0.4, -0.2) is 24.5 Å². The van der Waals surface area contributed by atoms with Crippen molar-refractivity contribution >= 4 is 11.5 Å². The zero-order valence-corrected chi connectivity index (χ0v) is 13.0. The molecule has 0 aromatic heterocycles. The topological polar surface area (TPSA) is 36.4 Å². The number of nitrogens with one attached hydrogen (secondary N) is 2. The van der Waals surface area contributed by atoms with Gasteiger partial charge in [-0.05, 0) is 31.9 Å². The van der Waals surface area contributed by atoms with Crippen molar-refractivity contribution in [2.24, 2.45) is 4.99 Å². The summed E-state index contributed by atoms with van der Waals surface area (Å²) in [6.45, 7) is 7.89. The van der Waals surface area contributed by atoms with Gasteiger partial charge < -0.3 is 10.6 Å². The van der Waals surface area contributed by atoms with Gasteiger partial charge in [0.1, 0.15) is 11.7 Å². The van der Waals surface area contributed by atoms with Crippen LogP contribution in [0.1, 0.15) is 39.2 Å². The first kappa shape index (κ1) is 15.5. The van der Waals surface area contributed by atoms with E-state index in [1.54, 1.807) is 12.1 Å². The molecule has 0 spiro atoms. The molecule has 1 aliphatic heterocycles. The predicted molar refractivity (Wildman–Crippen MR) is 86.8 cm³/mol. The van der Waals surface area contributed by atoms with Crippen molar-refractivity contribution in [2.75, 3.05) is 13.1 Å². The van der Waals surface area contributed by atoms with Gasteiger partial charge in [-0.1, -0.05) is 26.0 Å². The Morgan fingerprint density at radius 1 is 1.29 bits per heavy atom. The number of benzene rings is 1. The molecule has 2 rings (SSSR count). The number of rotatable bonds is 4. The maximum Gasteiger partial charge on any atom is 0.132 e. The van der Waals surface area contributed by atoms with Crippen molar-refractivity contribution in [3.8, 4) is 0 Å². The second-order valence-corrected chi connectivity index (χ2v) is 5.62. The highest BCUT2D eigenvalue weighted by Crippen LogP contribution is 2.18. The molecule has 2 N–H and O–H groups in total. The van der Waals surface area contributed by atoms with Crippen LogP contribution in [0.25, 0.3) is 5.70 Å². The van der Waals surface area contributed by atoms with Crippen LogP contribution >= 0.6 is 0 Å². The summed E-state index contributed by atoms with van der Waals surface area (Å²) in [5.41, 5.74) is 1.38. The van der Waals surface area contributed by atoms with E-state index in [-0.39, 0.29) is 11.4 Å². The van der Waals surface area contributed by atoms with Crippen LogP contribution in [0.15, 0.2) is 35.3 Å². The quantitative estimate of drug-likeness (QED) is 0.892. The lowest BCUT2D eigenvalue weighted by Crippen LogP contribution is -2.44. The third kappa shape index (κ3) is 3.84. The average Bonchev–Trinajstić information content (AvgIpc) is 2.73. The second-order valence-electron chi connectivity index (χ2n) is 5.62. The highest BCUT2D eigenvalue weighted by molar-refractivity contribution is 5.99. The van der Waals surface area contributed by atoms with Crippen LogP contribution in [0, 0.1) is 5.82 Å². The number of hydrogen-bond donors (Lipinski definition) is 2. The first-order valence-electron chi connectivity index (χ1n) is 7.61. The van der Waals surface area contributed by atoms with Gasteiger partial charge in [0.2, 0.25) is 0 Å². The van der Waals surface area contributed by atoms with Crippen LogP contribution in [0.2, 0.25) is 0 Å². The van der Waals surface area contributed by atoms with Crippen molar-refractivity contribution in [2.45, 2.75) is 39.2 Å². The minimum absolute atomic E-state index is 0.0139. The standard InChI is InChI=1S/C17H24FN3/c1-4-17(3,5-2)21-16-12-15(19-10-11-20-16)13-8-6-7-9-14(13)18/h6-9,12,19H,4-5,10-11H2,1-3H3,(H,20,21). The van der Waals surface area contributed by atoms with E-state index < -0.39 is 0 Å². The van der Waals surface area contributed by atoms with Gasteiger partial charge in [0, 0.05) is 29.4 Å². The number of halogens is 1. The zero-order chi connectivity index (χ0) is 15.3. The van der Waals surface area contributed by atoms with Gasteiger partial charge in [0.25, 0.3) is 0 Å². The molecule has 4 heteroatoms. The Balaban J connectivity index is 2.28. The fourth-order valence-electron chi connectivity index (χ4n) is 2.26. The number of hydrogen-bond acceptors (Lipinski definition) is 3. The molecule has 0 unspecified atom stereocenters. The number of aliphatic imine (C=N–C) groups is 1. The van der Waals surface area contributed by atoms with Crippen molar-refractivity contribution in [1.82, 2.24) is 10.6 Å². The molecule has 0 aliphatic carbocycles. The Morgan fingerprint density at radius 2 is 2.00 bits per heavy atom. The molecule has 1 aromatic carbocycles. The van der Waals surface area contributed by atoms with Crippen molar-refractivity contribution in [3.05, 3.63) is 41.7 Å². The Kier molecular flexibility index (Phi) is 4.99. The first-order chi connectivity index (χ1) is 10.1. The minimum atomic E-state index is -0.216. The molecule has 0 radical (unpaired) electrons. The van der Waals surface area contributed by atoms with E-state index in [1.807, 2.05) is 12.1 Å². The molecule has 0 atom stereocenters. The molecular weight excluding hydrogens is 265 g/mol. The van der Waals surface area contributed by atoms with Crippen LogP contribution in [0.3, 0.4) is 0 Å². The lowest BCUT2D eigenvalue weighted by molar-refractivity contribution is 0.389. The maximum absolute atomic E-state index is 14.0. The fraction of sp³-hybridized carbons (Fsp3) is 0.471. The van der Waals surface area contributed by atoms with E-state index in [0.29, 0.717) is 18.7 Å². The van der Waals surface area contributed by atoms with Crippen molar-refractivity contribution in [3.63, 3.8) is 0 Å². The van der Waals surface area contributed by atoms with Crippen LogP contribution in [0.4, 0.5) is 4.39 Å². The van der Waals surface area contributed by atoms with E-state index >= 15 is 0 Å². The SMILES string of the molecule is CCC(C)(CC)NC1=NCCNC(c2ccccc2F)=C1. The molecule has 1 aliphatic rings. The highest BCUT2D eigenvalue weighted by atomic mass is 19.1. The van der Waals surface area contributed by atoms with Crippen LogP contribution in [0.5, 0.6) is 0 Å². The molecule has 0 bridgehead atoms. The Morgan fingerprint density at radius 3 is 2.67 bits per heavy atom. The lowest BCUT2D eigenvalue weighted by Gasteiger charge is -2.29. The predicted octanol–water partition coefficient (Wildman–Crippen LogP) is 3.34. The normalized spacial score (nSPS) is 15.6. The van der Waals surface area contributed by atoms with Gasteiger partial charge in [0.15, 0.2) is 0 Å². The molecule has 0 fully saturated rings. The lowest BCUT2D eigenvalue weighted by atomic mass is 9.95. The first-order valence-corrected chi connectivity index (χ1v) is 7.61. The highest BCUT2D eigenvalue weighted by Gasteiger charge is 2.21. The summed E-state index contributed by atoms with van der Waals surface area (Å²) >= 11 is 0. The van der Waals surface area contributed by atoms with Gasteiger partial charge in [-0.2, -0.15) is 0 Å². The molecule has 1 heterocycles. The van der Waals surface area contributed by atoms with E-state index in [2.05, 4.69) is 36.4 Å². The minimum Gasteiger partial charge on any atom is -0.383 e. The Labute approximate surface area is 126 Å². The molecule has 1 aromatic rings. The summed E-state index contributed by atoms with van der Waals surface area (Å²) in [4.78, 5) is 4.55. The fourth-order valence-corrected chi connectivity index (χ4v) is 2.26. The van der Waals surface area contributed by atoms with E-state index in [4.69, 9.17) is 0 Å². The van der Waals surface area contributed by atoms with E-state index in [9.17, 15) is 4.39 Å². The summed E-state index contributed by atoms with van der Waals surface area (Å²) in [5, 5.41) is 6.76. The van der Waals surface area contributed by atoms with Crippen LogP contribution < -0.4 is 10.6 Å². The zero-order valence-electron chi connectivity index (χ0n) is 13.0. The third-order valence-corrected chi connectivity index (χ3v) is 4.14. The Hall–Kier alpha value is -1.84. The molecule has 0 saturated carbocycles. The molecule has 21 heavy (non-hydrogen) atoms. The smallest absolute Gasteiger partial charge is 0.132 e. The maximum atomic E-state index is 14.0. The van der Waals surface area contributed by atoms with Gasteiger partial charge >= 0.3 is 0 Å². The van der Waals surface area contributed by atoms with Gasteiger partial charge in [-0.25, -0.2) is 4.39 Å². The number of amidine groups is 1. The second kappa shape index (κ2) is 6.74. The van der Waals surface area contributed by atoms with Gasteiger partial charge in [-0.3, -0.25) is 4.99 Å². The third-order valence-electron chi connectivity index (χ3n) is 4.14. The van der Waals surface area contributed by atoms with Gasteiger partial charge in [-0.15, -0.1) is 0 Å². The monoisotopic (exact) mass is 289 g/mol. The summed E-state index contributed by atoms with van der Waals surface area (Å²) in [5.74, 6) is 0.607. The average molecular weight is 289 g/mol. The van der Waals surface area contributed by atoms with E-state index in [1.165, 1.54) is 6.07 Å². The molecule has 3 nitrogen and oxygen atoms in total. The van der Waals surface area contributed by atoms with Crippen molar-refractivity contribution in [1.29, 1.82) is 0 Å². The summed E-state index contributed by atoms with van der Waals surface area (Å²) in [7, 11) is 0. The summed E-state index contributed by atoms with van der Waals surface area (Å²) in [6.07, 6.45) is 3.94.